The summed E-state index contributed by atoms with van der Waals surface area (Å²) in [4.78, 5) is 32.0. The van der Waals surface area contributed by atoms with Crippen molar-refractivity contribution in [3.63, 3.8) is 0 Å². The lowest BCUT2D eigenvalue weighted by Gasteiger charge is -2.34. The summed E-state index contributed by atoms with van der Waals surface area (Å²) in [5, 5.41) is 7.24. The minimum absolute atomic E-state index is 0.0478. The Balaban J connectivity index is 1.36. The molecule has 0 radical (unpaired) electrons. The number of likely N-dealkylation sites (tertiary alicyclic amines) is 1. The molecule has 172 valence electrons. The van der Waals surface area contributed by atoms with E-state index in [0.717, 1.165) is 63.5 Å². The fraction of sp³-hybridized carbons (Fsp3) is 0.542. The number of benzene rings is 1. The third kappa shape index (κ3) is 5.55. The summed E-state index contributed by atoms with van der Waals surface area (Å²) in [6, 6.07) is 9.95. The van der Waals surface area contributed by atoms with Crippen molar-refractivity contribution in [1.29, 1.82) is 0 Å². The number of ether oxygens (including phenoxy) is 1. The highest BCUT2D eigenvalue weighted by Crippen LogP contribution is 2.29. The lowest BCUT2D eigenvalue weighted by Crippen LogP contribution is -2.42. The van der Waals surface area contributed by atoms with Crippen molar-refractivity contribution in [3.8, 4) is 0 Å². The Labute approximate surface area is 189 Å². The minimum Gasteiger partial charge on any atom is -0.379 e. The van der Waals surface area contributed by atoms with Crippen molar-refractivity contribution < 1.29 is 14.3 Å². The Morgan fingerprint density at radius 3 is 2.75 bits per heavy atom. The normalized spacial score (nSPS) is 19.7. The van der Waals surface area contributed by atoms with Crippen molar-refractivity contribution in [2.24, 2.45) is 0 Å². The molecule has 1 unspecified atom stereocenters. The number of aromatic nitrogens is 2. The number of carbonyl (C=O) groups excluding carboxylic acids is 2. The van der Waals surface area contributed by atoms with E-state index in [1.165, 1.54) is 0 Å². The van der Waals surface area contributed by atoms with Gasteiger partial charge in [-0.3, -0.25) is 19.6 Å². The van der Waals surface area contributed by atoms with Crippen molar-refractivity contribution >= 4 is 11.8 Å². The standard InChI is InChI=1S/C24H33N5O3/c1-27(17-19-6-3-2-4-7-19)24(31)21-16-25-26-23(21)20-8-5-10-29(18-20)22(30)9-11-28-12-14-32-15-13-28/h2-4,6-7,16,20H,5,8-15,17-18H2,1H3,(H,25,26). The predicted molar refractivity (Wildman–Crippen MR) is 121 cm³/mol. The van der Waals surface area contributed by atoms with Crippen LogP contribution in [0.15, 0.2) is 36.5 Å². The Morgan fingerprint density at radius 2 is 1.97 bits per heavy atom. The van der Waals surface area contributed by atoms with Crippen LogP contribution in [0.3, 0.4) is 0 Å². The first-order chi connectivity index (χ1) is 15.6. The molecule has 4 rings (SSSR count). The zero-order valence-corrected chi connectivity index (χ0v) is 18.8. The number of rotatable bonds is 7. The largest absolute Gasteiger partial charge is 0.379 e. The second-order valence-corrected chi connectivity index (χ2v) is 8.73. The molecule has 2 aliphatic heterocycles. The van der Waals surface area contributed by atoms with Crippen molar-refractivity contribution in [2.75, 3.05) is 53.0 Å². The van der Waals surface area contributed by atoms with Gasteiger partial charge in [-0.2, -0.15) is 5.10 Å². The molecule has 8 heteroatoms. The molecule has 2 amide bonds. The number of carbonyl (C=O) groups is 2. The maximum atomic E-state index is 13.1. The molecule has 1 aromatic heterocycles. The third-order valence-corrected chi connectivity index (χ3v) is 6.44. The lowest BCUT2D eigenvalue weighted by molar-refractivity contribution is -0.133. The van der Waals surface area contributed by atoms with Crippen molar-refractivity contribution in [2.45, 2.75) is 31.7 Å². The summed E-state index contributed by atoms with van der Waals surface area (Å²) < 4.78 is 5.38. The summed E-state index contributed by atoms with van der Waals surface area (Å²) in [5.74, 6) is 0.241. The van der Waals surface area contributed by atoms with Gasteiger partial charge in [0.25, 0.3) is 5.91 Å². The predicted octanol–water partition coefficient (Wildman–Crippen LogP) is 2.11. The van der Waals surface area contributed by atoms with Crippen LogP contribution in [0, 0.1) is 0 Å². The van der Waals surface area contributed by atoms with E-state index in [4.69, 9.17) is 4.74 Å². The lowest BCUT2D eigenvalue weighted by atomic mass is 9.92. The smallest absolute Gasteiger partial charge is 0.257 e. The van der Waals surface area contributed by atoms with Gasteiger partial charge in [-0.25, -0.2) is 0 Å². The van der Waals surface area contributed by atoms with E-state index >= 15 is 0 Å². The number of piperidine rings is 1. The van der Waals surface area contributed by atoms with Crippen molar-refractivity contribution in [1.82, 2.24) is 24.9 Å². The van der Waals surface area contributed by atoms with E-state index in [1.54, 1.807) is 11.1 Å². The molecule has 1 atom stereocenters. The van der Waals surface area contributed by atoms with Crippen LogP contribution < -0.4 is 0 Å². The average molecular weight is 440 g/mol. The summed E-state index contributed by atoms with van der Waals surface area (Å²) >= 11 is 0. The fourth-order valence-electron chi connectivity index (χ4n) is 4.59. The van der Waals surface area contributed by atoms with E-state index in [1.807, 2.05) is 42.3 Å². The van der Waals surface area contributed by atoms with Crippen LogP contribution in [0.1, 0.15) is 46.8 Å². The van der Waals surface area contributed by atoms with Crippen LogP contribution in [0.2, 0.25) is 0 Å². The quantitative estimate of drug-likeness (QED) is 0.715. The second-order valence-electron chi connectivity index (χ2n) is 8.73. The van der Waals surface area contributed by atoms with Crippen LogP contribution in [-0.4, -0.2) is 89.7 Å². The molecule has 2 aromatic rings. The number of nitrogens with zero attached hydrogens (tertiary/aromatic N) is 4. The Hall–Kier alpha value is -2.71. The average Bonchev–Trinajstić information content (AvgIpc) is 3.33. The third-order valence-electron chi connectivity index (χ3n) is 6.44. The fourth-order valence-corrected chi connectivity index (χ4v) is 4.59. The monoisotopic (exact) mass is 439 g/mol. The van der Waals surface area contributed by atoms with E-state index in [9.17, 15) is 9.59 Å². The highest BCUT2D eigenvalue weighted by atomic mass is 16.5. The van der Waals surface area contributed by atoms with Gasteiger partial charge in [0.15, 0.2) is 0 Å². The van der Waals surface area contributed by atoms with Gasteiger partial charge in [-0.15, -0.1) is 0 Å². The van der Waals surface area contributed by atoms with Gasteiger partial charge in [0.1, 0.15) is 0 Å². The molecule has 1 aromatic carbocycles. The first-order valence-electron chi connectivity index (χ1n) is 11.5. The zero-order chi connectivity index (χ0) is 22.3. The number of morpholine rings is 1. The number of H-pyrrole nitrogens is 1. The first-order valence-corrected chi connectivity index (χ1v) is 11.5. The van der Waals surface area contributed by atoms with Crippen LogP contribution in [-0.2, 0) is 16.1 Å². The zero-order valence-electron chi connectivity index (χ0n) is 18.8. The maximum absolute atomic E-state index is 13.1. The van der Waals surface area contributed by atoms with Gasteiger partial charge in [0.2, 0.25) is 5.91 Å². The van der Waals surface area contributed by atoms with E-state index in [0.29, 0.717) is 25.1 Å². The summed E-state index contributed by atoms with van der Waals surface area (Å²) in [7, 11) is 1.81. The molecule has 0 bridgehead atoms. The van der Waals surface area contributed by atoms with Gasteiger partial charge >= 0.3 is 0 Å². The van der Waals surface area contributed by atoms with Crippen molar-refractivity contribution in [3.05, 3.63) is 53.3 Å². The van der Waals surface area contributed by atoms with Gasteiger partial charge in [-0.1, -0.05) is 30.3 Å². The van der Waals surface area contributed by atoms with E-state index < -0.39 is 0 Å². The molecule has 3 heterocycles. The van der Waals surface area contributed by atoms with Gasteiger partial charge in [0.05, 0.1) is 30.7 Å². The Kier molecular flexibility index (Phi) is 7.55. The van der Waals surface area contributed by atoms with Crippen LogP contribution >= 0.6 is 0 Å². The van der Waals surface area contributed by atoms with Crippen LogP contribution in [0.5, 0.6) is 0 Å². The van der Waals surface area contributed by atoms with E-state index in [-0.39, 0.29) is 17.7 Å². The molecule has 0 saturated carbocycles. The molecule has 1 N–H and O–H groups in total. The van der Waals surface area contributed by atoms with Crippen LogP contribution in [0.25, 0.3) is 0 Å². The minimum atomic E-state index is -0.0478. The summed E-state index contributed by atoms with van der Waals surface area (Å²) in [6.45, 7) is 6.02. The molecule has 2 aliphatic rings. The van der Waals surface area contributed by atoms with Gasteiger partial charge in [-0.05, 0) is 18.4 Å². The number of amides is 2. The molecular formula is C24H33N5O3. The summed E-state index contributed by atoms with van der Waals surface area (Å²) in [6.07, 6.45) is 4.03. The number of hydrogen-bond acceptors (Lipinski definition) is 5. The topological polar surface area (TPSA) is 81.8 Å². The van der Waals surface area contributed by atoms with E-state index in [2.05, 4.69) is 15.1 Å². The SMILES string of the molecule is CN(Cc1ccccc1)C(=O)c1cn[nH]c1C1CCCN(C(=O)CCN2CCOCC2)C1. The van der Waals surface area contributed by atoms with Crippen LogP contribution in [0.4, 0.5) is 0 Å². The molecule has 32 heavy (non-hydrogen) atoms. The first kappa shape index (κ1) is 22.5. The van der Waals surface area contributed by atoms with Gasteiger partial charge < -0.3 is 14.5 Å². The molecule has 2 saturated heterocycles. The molecule has 8 nitrogen and oxygen atoms in total. The highest BCUT2D eigenvalue weighted by molar-refractivity contribution is 5.95. The maximum Gasteiger partial charge on any atom is 0.257 e. The molecular weight excluding hydrogens is 406 g/mol. The highest BCUT2D eigenvalue weighted by Gasteiger charge is 2.30. The van der Waals surface area contributed by atoms with Gasteiger partial charge in [0, 0.05) is 58.7 Å². The molecule has 0 aliphatic carbocycles. The Bertz CT molecular complexity index is 894. The summed E-state index contributed by atoms with van der Waals surface area (Å²) in [5.41, 5.74) is 2.54. The number of hydrogen-bond donors (Lipinski definition) is 1. The molecule has 0 spiro atoms. The Morgan fingerprint density at radius 1 is 1.19 bits per heavy atom. The number of nitrogens with one attached hydrogen (secondary N) is 1. The second kappa shape index (κ2) is 10.7. The number of aromatic amines is 1. The molecule has 2 fully saturated rings.